The van der Waals surface area contributed by atoms with Crippen LogP contribution in [0.5, 0.6) is 0 Å². The molecule has 0 aliphatic heterocycles. The molecule has 4 heteroatoms. The van der Waals surface area contributed by atoms with Gasteiger partial charge in [-0.2, -0.15) is 0 Å². The van der Waals surface area contributed by atoms with E-state index in [9.17, 15) is 4.79 Å². The van der Waals surface area contributed by atoms with Gasteiger partial charge in [0.2, 0.25) is 0 Å². The summed E-state index contributed by atoms with van der Waals surface area (Å²) in [6.45, 7) is 2.55. The Balaban J connectivity index is 2.07. The Morgan fingerprint density at radius 3 is 2.88 bits per heavy atom. The van der Waals surface area contributed by atoms with Crippen LogP contribution in [0, 0.1) is 6.92 Å². The Bertz CT molecular complexity index is 522. The van der Waals surface area contributed by atoms with Crippen molar-refractivity contribution in [2.24, 2.45) is 0 Å². The molecule has 0 radical (unpaired) electrons. The summed E-state index contributed by atoms with van der Waals surface area (Å²) in [6, 6.07) is 9.67. The highest BCUT2D eigenvalue weighted by molar-refractivity contribution is 9.10. The van der Waals surface area contributed by atoms with Crippen molar-refractivity contribution >= 4 is 33.2 Å². The highest BCUT2D eigenvalue weighted by atomic mass is 79.9. The van der Waals surface area contributed by atoms with E-state index in [-0.39, 0.29) is 5.91 Å². The lowest BCUT2D eigenvalue weighted by Gasteiger charge is -2.07. The van der Waals surface area contributed by atoms with Crippen LogP contribution >= 0.6 is 27.3 Å². The molecule has 1 N–H and O–H groups in total. The number of amides is 1. The van der Waals surface area contributed by atoms with Crippen molar-refractivity contribution in [2.45, 2.75) is 13.5 Å². The van der Waals surface area contributed by atoms with Crippen LogP contribution in [0.4, 0.5) is 0 Å². The van der Waals surface area contributed by atoms with Crippen molar-refractivity contribution in [1.29, 1.82) is 0 Å². The Morgan fingerprint density at radius 2 is 2.18 bits per heavy atom. The molecule has 0 spiro atoms. The van der Waals surface area contributed by atoms with Gasteiger partial charge in [-0.25, -0.2) is 0 Å². The number of nitrogens with one attached hydrogen (secondary N) is 1. The quantitative estimate of drug-likeness (QED) is 0.919. The van der Waals surface area contributed by atoms with Crippen LogP contribution in [0.15, 0.2) is 40.2 Å². The van der Waals surface area contributed by atoms with Crippen LogP contribution in [-0.2, 0) is 6.54 Å². The number of hydrogen-bond acceptors (Lipinski definition) is 2. The Kier molecular flexibility index (Phi) is 3.97. The van der Waals surface area contributed by atoms with Gasteiger partial charge in [0.15, 0.2) is 0 Å². The highest BCUT2D eigenvalue weighted by Crippen LogP contribution is 2.21. The molecule has 0 atom stereocenters. The van der Waals surface area contributed by atoms with Gasteiger partial charge in [-0.1, -0.05) is 18.2 Å². The summed E-state index contributed by atoms with van der Waals surface area (Å²) in [4.78, 5) is 13.1. The van der Waals surface area contributed by atoms with E-state index in [0.717, 1.165) is 14.9 Å². The van der Waals surface area contributed by atoms with E-state index in [4.69, 9.17) is 0 Å². The third-order valence-electron chi connectivity index (χ3n) is 2.44. The second-order valence-corrected chi connectivity index (χ2v) is 5.52. The first-order chi connectivity index (χ1) is 8.18. The molecule has 1 amide bonds. The summed E-state index contributed by atoms with van der Waals surface area (Å²) in [6.07, 6.45) is 0. The smallest absolute Gasteiger partial charge is 0.252 e. The van der Waals surface area contributed by atoms with Gasteiger partial charge in [-0.3, -0.25) is 4.79 Å². The first kappa shape index (κ1) is 12.3. The molecule has 0 saturated heterocycles. The maximum atomic E-state index is 12.0. The van der Waals surface area contributed by atoms with E-state index in [1.54, 1.807) is 11.3 Å². The zero-order valence-electron chi connectivity index (χ0n) is 9.37. The van der Waals surface area contributed by atoms with Gasteiger partial charge in [0.05, 0.1) is 12.1 Å². The fourth-order valence-electron chi connectivity index (χ4n) is 1.50. The van der Waals surface area contributed by atoms with Crippen LogP contribution in [0.2, 0.25) is 0 Å². The van der Waals surface area contributed by atoms with Gasteiger partial charge in [0, 0.05) is 9.35 Å². The molecule has 1 heterocycles. The van der Waals surface area contributed by atoms with E-state index in [1.807, 2.05) is 42.6 Å². The van der Waals surface area contributed by atoms with E-state index >= 15 is 0 Å². The maximum absolute atomic E-state index is 12.0. The van der Waals surface area contributed by atoms with E-state index in [1.165, 1.54) is 0 Å². The molecule has 0 aliphatic carbocycles. The van der Waals surface area contributed by atoms with Crippen molar-refractivity contribution in [3.8, 4) is 0 Å². The molecule has 2 aromatic rings. The fraction of sp³-hybridized carbons (Fsp3) is 0.154. The lowest BCUT2D eigenvalue weighted by molar-refractivity contribution is 0.0950. The number of aryl methyl sites for hydroxylation is 1. The van der Waals surface area contributed by atoms with Gasteiger partial charge in [0.1, 0.15) is 0 Å². The average Bonchev–Trinajstić information content (AvgIpc) is 2.82. The molecule has 1 aromatic carbocycles. The third kappa shape index (κ3) is 2.96. The summed E-state index contributed by atoms with van der Waals surface area (Å²) < 4.78 is 0.865. The first-order valence-corrected chi connectivity index (χ1v) is 6.91. The summed E-state index contributed by atoms with van der Waals surface area (Å²) in [5, 5.41) is 4.91. The van der Waals surface area contributed by atoms with E-state index < -0.39 is 0 Å². The van der Waals surface area contributed by atoms with Gasteiger partial charge in [-0.05, 0) is 45.9 Å². The predicted octanol–water partition coefficient (Wildman–Crippen LogP) is 3.75. The zero-order chi connectivity index (χ0) is 12.3. The summed E-state index contributed by atoms with van der Waals surface area (Å²) in [5.41, 5.74) is 1.75. The SMILES string of the molecule is Cc1cccc(C(=O)NCc2cccs2)c1Br. The molecule has 0 fully saturated rings. The fourth-order valence-corrected chi connectivity index (χ4v) is 2.59. The number of hydrogen-bond donors (Lipinski definition) is 1. The lowest BCUT2D eigenvalue weighted by atomic mass is 10.1. The number of benzene rings is 1. The molecule has 0 saturated carbocycles. The molecule has 2 rings (SSSR count). The van der Waals surface area contributed by atoms with Gasteiger partial charge >= 0.3 is 0 Å². The number of rotatable bonds is 3. The minimum absolute atomic E-state index is 0.0472. The molecule has 0 unspecified atom stereocenters. The maximum Gasteiger partial charge on any atom is 0.252 e. The molecule has 1 aromatic heterocycles. The van der Waals surface area contributed by atoms with Crippen molar-refractivity contribution in [1.82, 2.24) is 5.32 Å². The zero-order valence-corrected chi connectivity index (χ0v) is 11.8. The topological polar surface area (TPSA) is 29.1 Å². The standard InChI is InChI=1S/C13H12BrNOS/c1-9-4-2-6-11(12(9)14)13(16)15-8-10-5-3-7-17-10/h2-7H,8H2,1H3,(H,15,16). The Hall–Kier alpha value is -1.13. The van der Waals surface area contributed by atoms with Crippen LogP contribution in [0.1, 0.15) is 20.8 Å². The number of thiophene rings is 1. The van der Waals surface area contributed by atoms with Crippen molar-refractivity contribution in [2.75, 3.05) is 0 Å². The summed E-state index contributed by atoms with van der Waals surface area (Å²) in [7, 11) is 0. The monoisotopic (exact) mass is 309 g/mol. The number of carbonyl (C=O) groups is 1. The first-order valence-electron chi connectivity index (χ1n) is 5.24. The van der Waals surface area contributed by atoms with Gasteiger partial charge in [0.25, 0.3) is 5.91 Å². The van der Waals surface area contributed by atoms with Gasteiger partial charge in [-0.15, -0.1) is 11.3 Å². The second kappa shape index (κ2) is 5.47. The molecule has 88 valence electrons. The van der Waals surface area contributed by atoms with Crippen LogP contribution in [-0.4, -0.2) is 5.91 Å². The van der Waals surface area contributed by atoms with Crippen LogP contribution < -0.4 is 5.32 Å². The van der Waals surface area contributed by atoms with Crippen LogP contribution in [0.25, 0.3) is 0 Å². The average molecular weight is 310 g/mol. The van der Waals surface area contributed by atoms with E-state index in [0.29, 0.717) is 12.1 Å². The lowest BCUT2D eigenvalue weighted by Crippen LogP contribution is -2.22. The number of halogens is 1. The van der Waals surface area contributed by atoms with Gasteiger partial charge < -0.3 is 5.32 Å². The second-order valence-electron chi connectivity index (χ2n) is 3.70. The Morgan fingerprint density at radius 1 is 1.35 bits per heavy atom. The normalized spacial score (nSPS) is 10.2. The summed E-state index contributed by atoms with van der Waals surface area (Å²) >= 11 is 5.08. The molecule has 2 nitrogen and oxygen atoms in total. The molecular formula is C13H12BrNOS. The third-order valence-corrected chi connectivity index (χ3v) is 4.37. The minimum Gasteiger partial charge on any atom is -0.347 e. The summed E-state index contributed by atoms with van der Waals surface area (Å²) in [5.74, 6) is -0.0472. The number of carbonyl (C=O) groups excluding carboxylic acids is 1. The Labute approximate surface area is 113 Å². The molecule has 0 aliphatic rings. The molecular weight excluding hydrogens is 298 g/mol. The van der Waals surface area contributed by atoms with E-state index in [2.05, 4.69) is 21.2 Å². The van der Waals surface area contributed by atoms with Crippen molar-refractivity contribution in [3.05, 3.63) is 56.2 Å². The highest BCUT2D eigenvalue weighted by Gasteiger charge is 2.10. The van der Waals surface area contributed by atoms with Crippen LogP contribution in [0.3, 0.4) is 0 Å². The largest absolute Gasteiger partial charge is 0.347 e. The van der Waals surface area contributed by atoms with Crippen molar-refractivity contribution < 1.29 is 4.79 Å². The minimum atomic E-state index is -0.0472. The van der Waals surface area contributed by atoms with Crippen molar-refractivity contribution in [3.63, 3.8) is 0 Å². The molecule has 17 heavy (non-hydrogen) atoms. The molecule has 0 bridgehead atoms. The predicted molar refractivity (Wildman–Crippen MR) is 74.4 cm³/mol.